The van der Waals surface area contributed by atoms with Gasteiger partial charge < -0.3 is 20.6 Å². The summed E-state index contributed by atoms with van der Waals surface area (Å²) in [5.74, 6) is -2.59. The molecule has 0 bridgehead atoms. The van der Waals surface area contributed by atoms with Gasteiger partial charge in [0, 0.05) is 41.5 Å². The van der Waals surface area contributed by atoms with Crippen molar-refractivity contribution in [2.75, 3.05) is 18.4 Å². The molecule has 2 atom stereocenters. The number of amides is 4. The third kappa shape index (κ3) is 6.97. The summed E-state index contributed by atoms with van der Waals surface area (Å²) in [6, 6.07) is 16.5. The van der Waals surface area contributed by atoms with Crippen molar-refractivity contribution in [3.8, 4) is 0 Å². The number of anilines is 1. The summed E-state index contributed by atoms with van der Waals surface area (Å²) in [5, 5.41) is 26.5. The zero-order chi connectivity index (χ0) is 29.7. The van der Waals surface area contributed by atoms with E-state index in [0.717, 1.165) is 5.56 Å². The molecule has 0 aliphatic carbocycles. The Labute approximate surface area is 239 Å². The Morgan fingerprint density at radius 3 is 2.37 bits per heavy atom. The minimum absolute atomic E-state index is 0.00940. The topological polar surface area (TPSA) is 162 Å². The van der Waals surface area contributed by atoms with Crippen LogP contribution in [0.3, 0.4) is 0 Å². The van der Waals surface area contributed by atoms with Gasteiger partial charge in [-0.3, -0.25) is 29.4 Å². The monoisotopic (exact) mass is 579 g/mol. The van der Waals surface area contributed by atoms with Crippen LogP contribution >= 0.6 is 11.6 Å². The molecule has 3 aromatic carbocycles. The van der Waals surface area contributed by atoms with Gasteiger partial charge in [0.2, 0.25) is 0 Å². The zero-order valence-electron chi connectivity index (χ0n) is 21.8. The summed E-state index contributed by atoms with van der Waals surface area (Å²) in [4.78, 5) is 65.4. The second kappa shape index (κ2) is 12.5. The Balaban J connectivity index is 1.66. The molecule has 4 amide bonds. The Hall–Kier alpha value is -4.97. The highest BCUT2D eigenvalue weighted by Crippen LogP contribution is 2.25. The van der Waals surface area contributed by atoms with Crippen molar-refractivity contribution in [2.45, 2.75) is 25.6 Å². The summed E-state index contributed by atoms with van der Waals surface area (Å²) < 4.78 is 0. The molecular weight excluding hydrogens is 554 g/mol. The number of hydrogen-bond donors (Lipinski definition) is 3. The van der Waals surface area contributed by atoms with E-state index < -0.39 is 47.4 Å². The van der Waals surface area contributed by atoms with Gasteiger partial charge in [0.1, 0.15) is 0 Å². The SMILES string of the molecule is Cc1cccc(C(=O)N2CCN(C(=O)Nc3ccc(Cl)cc3)C2C(=O)NC(CC(=O)O)c2cccc([N+](=O)[O-])c2)c1. The van der Waals surface area contributed by atoms with Gasteiger partial charge in [0.25, 0.3) is 17.5 Å². The van der Waals surface area contributed by atoms with Gasteiger partial charge in [0.15, 0.2) is 6.17 Å². The van der Waals surface area contributed by atoms with Crippen molar-refractivity contribution >= 4 is 46.8 Å². The Morgan fingerprint density at radius 2 is 1.71 bits per heavy atom. The molecule has 0 spiro atoms. The first-order valence-corrected chi connectivity index (χ1v) is 12.9. The van der Waals surface area contributed by atoms with Crippen LogP contribution in [0.4, 0.5) is 16.2 Å². The van der Waals surface area contributed by atoms with Gasteiger partial charge in [-0.1, -0.05) is 41.4 Å². The van der Waals surface area contributed by atoms with E-state index in [9.17, 15) is 34.4 Å². The van der Waals surface area contributed by atoms with Gasteiger partial charge in [-0.05, 0) is 48.9 Å². The van der Waals surface area contributed by atoms with Crippen molar-refractivity contribution in [1.82, 2.24) is 15.1 Å². The number of nitrogens with zero attached hydrogens (tertiary/aromatic N) is 3. The number of nitrogens with one attached hydrogen (secondary N) is 2. The van der Waals surface area contributed by atoms with Crippen molar-refractivity contribution in [2.24, 2.45) is 0 Å². The predicted octanol–water partition coefficient (Wildman–Crippen LogP) is 4.20. The predicted molar refractivity (Wildman–Crippen MR) is 149 cm³/mol. The number of aliphatic carboxylic acids is 1. The fourth-order valence-electron chi connectivity index (χ4n) is 4.54. The number of carbonyl (C=O) groups excluding carboxylic acids is 3. The fourth-order valence-corrected chi connectivity index (χ4v) is 4.66. The number of carbonyl (C=O) groups is 4. The first-order chi connectivity index (χ1) is 19.5. The lowest BCUT2D eigenvalue weighted by molar-refractivity contribution is -0.384. The van der Waals surface area contributed by atoms with E-state index >= 15 is 0 Å². The van der Waals surface area contributed by atoms with Crippen molar-refractivity contribution in [3.05, 3.63) is 105 Å². The molecular formula is C28H26ClN5O7. The maximum Gasteiger partial charge on any atom is 0.323 e. The van der Waals surface area contributed by atoms with Crippen LogP contribution in [0.5, 0.6) is 0 Å². The molecule has 1 aliphatic rings. The second-order valence-corrected chi connectivity index (χ2v) is 9.82. The molecule has 0 saturated carbocycles. The minimum atomic E-state index is -1.44. The minimum Gasteiger partial charge on any atom is -0.481 e. The van der Waals surface area contributed by atoms with Crippen molar-refractivity contribution in [1.29, 1.82) is 0 Å². The van der Waals surface area contributed by atoms with Crippen molar-refractivity contribution < 1.29 is 29.2 Å². The Bertz CT molecular complexity index is 1500. The van der Waals surface area contributed by atoms with E-state index in [2.05, 4.69) is 10.6 Å². The highest BCUT2D eigenvalue weighted by Gasteiger charge is 2.44. The summed E-state index contributed by atoms with van der Waals surface area (Å²) in [6.45, 7) is 1.85. The van der Waals surface area contributed by atoms with Crippen LogP contribution in [0.25, 0.3) is 0 Å². The Kier molecular flexibility index (Phi) is 8.83. The first-order valence-electron chi connectivity index (χ1n) is 12.5. The number of nitro benzene ring substituents is 1. The number of halogens is 1. The molecule has 1 aliphatic heterocycles. The van der Waals surface area contributed by atoms with E-state index in [1.807, 2.05) is 13.0 Å². The molecule has 41 heavy (non-hydrogen) atoms. The number of benzene rings is 3. The molecule has 3 aromatic rings. The number of non-ortho nitro benzene ring substituents is 1. The lowest BCUT2D eigenvalue weighted by Crippen LogP contribution is -2.55. The highest BCUT2D eigenvalue weighted by molar-refractivity contribution is 6.30. The summed E-state index contributed by atoms with van der Waals surface area (Å²) in [5.41, 5.74) is 1.43. The first kappa shape index (κ1) is 29.0. The van der Waals surface area contributed by atoms with Crippen LogP contribution < -0.4 is 10.6 Å². The quantitative estimate of drug-likeness (QED) is 0.266. The van der Waals surface area contributed by atoms with Crippen LogP contribution in [0.1, 0.15) is 33.9 Å². The number of urea groups is 1. The molecule has 0 radical (unpaired) electrons. The molecule has 212 valence electrons. The number of carboxylic acid groups (broad SMARTS) is 1. The normalized spacial score (nSPS) is 15.2. The maximum absolute atomic E-state index is 13.8. The average molecular weight is 580 g/mol. The smallest absolute Gasteiger partial charge is 0.323 e. The largest absolute Gasteiger partial charge is 0.481 e. The maximum atomic E-state index is 13.8. The molecule has 1 saturated heterocycles. The fraction of sp³-hybridized carbons (Fsp3) is 0.214. The molecule has 0 aromatic heterocycles. The molecule has 12 nitrogen and oxygen atoms in total. The summed E-state index contributed by atoms with van der Waals surface area (Å²) >= 11 is 5.93. The van der Waals surface area contributed by atoms with Gasteiger partial charge in [-0.25, -0.2) is 4.79 Å². The molecule has 1 fully saturated rings. The van der Waals surface area contributed by atoms with Crippen LogP contribution in [0.2, 0.25) is 5.02 Å². The van der Waals surface area contributed by atoms with Crippen LogP contribution in [-0.2, 0) is 9.59 Å². The number of rotatable bonds is 8. The molecule has 4 rings (SSSR count). The number of carboxylic acids is 1. The number of hydrogen-bond acceptors (Lipinski definition) is 6. The molecule has 1 heterocycles. The molecule has 2 unspecified atom stereocenters. The third-order valence-electron chi connectivity index (χ3n) is 6.47. The van der Waals surface area contributed by atoms with E-state index in [1.165, 1.54) is 34.1 Å². The van der Waals surface area contributed by atoms with Crippen molar-refractivity contribution in [3.63, 3.8) is 0 Å². The van der Waals surface area contributed by atoms with Crippen LogP contribution in [0.15, 0.2) is 72.8 Å². The zero-order valence-corrected chi connectivity index (χ0v) is 22.6. The van der Waals surface area contributed by atoms with Gasteiger partial charge >= 0.3 is 12.0 Å². The third-order valence-corrected chi connectivity index (χ3v) is 6.72. The summed E-state index contributed by atoms with van der Waals surface area (Å²) in [6.07, 6.45) is -2.03. The second-order valence-electron chi connectivity index (χ2n) is 9.38. The van der Waals surface area contributed by atoms with Crippen LogP contribution in [-0.4, -0.2) is 62.9 Å². The van der Waals surface area contributed by atoms with Crippen LogP contribution in [0, 0.1) is 17.0 Å². The van der Waals surface area contributed by atoms with Gasteiger partial charge in [-0.2, -0.15) is 0 Å². The molecule has 13 heteroatoms. The lowest BCUT2D eigenvalue weighted by atomic mass is 10.0. The van der Waals surface area contributed by atoms with Gasteiger partial charge in [-0.15, -0.1) is 0 Å². The standard InChI is InChI=1S/C28H26ClN5O7/c1-17-4-2-6-19(14-17)27(38)32-12-13-33(28(39)30-21-10-8-20(29)9-11-21)26(32)25(37)31-23(16-24(35)36)18-5-3-7-22(15-18)34(40)41/h2-11,14-15,23,26H,12-13,16H2,1H3,(H,30,39)(H,31,37)(H,35,36). The average Bonchev–Trinajstić information content (AvgIpc) is 3.39. The van der Waals surface area contributed by atoms with E-state index in [4.69, 9.17) is 11.6 Å². The summed E-state index contributed by atoms with van der Waals surface area (Å²) in [7, 11) is 0. The highest BCUT2D eigenvalue weighted by atomic mass is 35.5. The number of aryl methyl sites for hydroxylation is 1. The number of nitro groups is 1. The Morgan fingerprint density at radius 1 is 1.02 bits per heavy atom. The van der Waals surface area contributed by atoms with E-state index in [1.54, 1.807) is 42.5 Å². The van der Waals surface area contributed by atoms with E-state index in [0.29, 0.717) is 16.3 Å². The van der Waals surface area contributed by atoms with Gasteiger partial charge in [0.05, 0.1) is 17.4 Å². The lowest BCUT2D eigenvalue weighted by Gasteiger charge is -2.31. The molecule has 3 N–H and O–H groups in total. The van der Waals surface area contributed by atoms with E-state index in [-0.39, 0.29) is 24.3 Å².